The fraction of sp³-hybridized carbons (Fsp3) is 0.714. The minimum absolute atomic E-state index is 0.0979. The highest BCUT2D eigenvalue weighted by atomic mass is 28.4. The van der Waals surface area contributed by atoms with E-state index in [1.54, 1.807) is 6.08 Å². The van der Waals surface area contributed by atoms with Gasteiger partial charge in [-0.3, -0.25) is 0 Å². The Morgan fingerprint density at radius 1 is 1.24 bits per heavy atom. The monoisotopic (exact) mass is 256 g/mol. The summed E-state index contributed by atoms with van der Waals surface area (Å²) in [6.45, 7) is 20.0. The number of rotatable bonds is 8. The quantitative estimate of drug-likeness (QED) is 0.369. The van der Waals surface area contributed by atoms with Gasteiger partial charge in [-0.2, -0.15) is 0 Å². The van der Waals surface area contributed by atoms with Crippen molar-refractivity contribution in [3.8, 4) is 0 Å². The smallest absolute Gasteiger partial charge is 0.192 e. The number of hydrogen-bond donors (Lipinski definition) is 0. The van der Waals surface area contributed by atoms with Crippen LogP contribution in [0.25, 0.3) is 0 Å². The maximum absolute atomic E-state index is 6.25. The van der Waals surface area contributed by atoms with Crippen LogP contribution in [0.15, 0.2) is 25.3 Å². The first-order valence-corrected chi connectivity index (χ1v) is 9.14. The summed E-state index contributed by atoms with van der Waals surface area (Å²) in [5, 5.41) is 0.232. The number of hydrogen-bond acceptors (Lipinski definition) is 2. The van der Waals surface area contributed by atoms with E-state index < -0.39 is 8.32 Å². The fourth-order valence-corrected chi connectivity index (χ4v) is 2.47. The highest BCUT2D eigenvalue weighted by Gasteiger charge is 2.38. The molecule has 0 aromatic carbocycles. The Morgan fingerprint density at radius 2 is 1.82 bits per heavy atom. The Morgan fingerprint density at radius 3 is 2.24 bits per heavy atom. The molecule has 0 rings (SSSR count). The van der Waals surface area contributed by atoms with Crippen LogP contribution in [0.5, 0.6) is 0 Å². The normalized spacial score (nSPS) is 14.4. The molecule has 0 fully saturated rings. The summed E-state index contributed by atoms with van der Waals surface area (Å²) in [6.07, 6.45) is 4.61. The zero-order chi connectivity index (χ0) is 13.5. The molecule has 0 amide bonds. The molecule has 0 bridgehead atoms. The Hall–Kier alpha value is -0.383. The van der Waals surface area contributed by atoms with Crippen molar-refractivity contribution in [1.82, 2.24) is 0 Å². The van der Waals surface area contributed by atoms with E-state index in [-0.39, 0.29) is 11.1 Å². The summed E-state index contributed by atoms with van der Waals surface area (Å²) >= 11 is 0. The molecule has 1 unspecified atom stereocenters. The van der Waals surface area contributed by atoms with Gasteiger partial charge in [-0.25, -0.2) is 0 Å². The van der Waals surface area contributed by atoms with Gasteiger partial charge in [0.15, 0.2) is 8.32 Å². The van der Waals surface area contributed by atoms with E-state index in [2.05, 4.69) is 47.0 Å². The zero-order valence-electron chi connectivity index (χ0n) is 12.1. The second-order valence-corrected chi connectivity index (χ2v) is 10.6. The van der Waals surface area contributed by atoms with Gasteiger partial charge in [0.25, 0.3) is 0 Å². The van der Waals surface area contributed by atoms with E-state index in [0.29, 0.717) is 13.2 Å². The summed E-state index contributed by atoms with van der Waals surface area (Å²) in [7, 11) is -1.70. The predicted molar refractivity (Wildman–Crippen MR) is 77.9 cm³/mol. The zero-order valence-corrected chi connectivity index (χ0v) is 13.1. The lowest BCUT2D eigenvalue weighted by Crippen LogP contribution is -2.43. The molecule has 0 aromatic heterocycles. The average Bonchev–Trinajstić information content (AvgIpc) is 2.20. The molecule has 0 saturated carbocycles. The molecule has 1 atom stereocenters. The van der Waals surface area contributed by atoms with Crippen LogP contribution in [-0.2, 0) is 9.16 Å². The summed E-state index contributed by atoms with van der Waals surface area (Å²) in [6, 6.07) is 0. The molecule has 0 N–H and O–H groups in total. The summed E-state index contributed by atoms with van der Waals surface area (Å²) in [4.78, 5) is 0. The van der Waals surface area contributed by atoms with Gasteiger partial charge >= 0.3 is 0 Å². The molecule has 0 aliphatic rings. The van der Waals surface area contributed by atoms with Gasteiger partial charge in [0.05, 0.1) is 12.7 Å². The average molecular weight is 256 g/mol. The standard InChI is InChI=1S/C14H28O2Si/c1-8-11-15-12-10-13(9-2)16-17(6,7)14(3,4)5/h8-9,13H,1-2,10-12H2,3-7H3. The lowest BCUT2D eigenvalue weighted by atomic mass is 10.2. The van der Waals surface area contributed by atoms with Crippen molar-refractivity contribution >= 4 is 8.32 Å². The van der Waals surface area contributed by atoms with Crippen molar-refractivity contribution in [2.75, 3.05) is 13.2 Å². The Balaban J connectivity index is 4.21. The van der Waals surface area contributed by atoms with Crippen molar-refractivity contribution in [1.29, 1.82) is 0 Å². The molecule has 0 heterocycles. The number of ether oxygens (including phenoxy) is 1. The third-order valence-electron chi connectivity index (χ3n) is 3.30. The van der Waals surface area contributed by atoms with Crippen LogP contribution in [-0.4, -0.2) is 27.6 Å². The van der Waals surface area contributed by atoms with Crippen LogP contribution in [0.3, 0.4) is 0 Å². The lowest BCUT2D eigenvalue weighted by Gasteiger charge is -2.38. The van der Waals surface area contributed by atoms with E-state index in [1.807, 2.05) is 6.08 Å². The van der Waals surface area contributed by atoms with Crippen molar-refractivity contribution in [3.63, 3.8) is 0 Å². The predicted octanol–water partition coefficient (Wildman–Crippen LogP) is 4.16. The molecule has 0 aliphatic heterocycles. The Bertz CT molecular complexity index is 241. The first-order chi connectivity index (χ1) is 7.74. The second kappa shape index (κ2) is 7.14. The third kappa shape index (κ3) is 6.20. The van der Waals surface area contributed by atoms with Gasteiger partial charge in [-0.05, 0) is 24.6 Å². The van der Waals surface area contributed by atoms with Crippen LogP contribution in [0, 0.1) is 0 Å². The van der Waals surface area contributed by atoms with Crippen LogP contribution >= 0.6 is 0 Å². The van der Waals surface area contributed by atoms with E-state index >= 15 is 0 Å². The first kappa shape index (κ1) is 16.6. The van der Waals surface area contributed by atoms with Gasteiger partial charge in [0.2, 0.25) is 0 Å². The molecule has 0 spiro atoms. The molecule has 0 saturated heterocycles. The van der Waals surface area contributed by atoms with Gasteiger partial charge < -0.3 is 9.16 Å². The molecular weight excluding hydrogens is 228 g/mol. The molecular formula is C14H28O2Si. The van der Waals surface area contributed by atoms with Crippen LogP contribution in [0.1, 0.15) is 27.2 Å². The molecule has 0 aromatic rings. The van der Waals surface area contributed by atoms with Crippen LogP contribution in [0.4, 0.5) is 0 Å². The van der Waals surface area contributed by atoms with Crippen molar-refractivity contribution in [2.24, 2.45) is 0 Å². The van der Waals surface area contributed by atoms with Crippen molar-refractivity contribution < 1.29 is 9.16 Å². The summed E-state index contributed by atoms with van der Waals surface area (Å²) in [5.41, 5.74) is 0. The van der Waals surface area contributed by atoms with Gasteiger partial charge in [-0.1, -0.05) is 32.9 Å². The fourth-order valence-electron chi connectivity index (χ4n) is 1.15. The van der Waals surface area contributed by atoms with E-state index in [1.165, 1.54) is 0 Å². The van der Waals surface area contributed by atoms with Gasteiger partial charge in [-0.15, -0.1) is 13.2 Å². The molecule has 2 nitrogen and oxygen atoms in total. The largest absolute Gasteiger partial charge is 0.410 e. The molecule has 0 radical (unpaired) electrons. The highest BCUT2D eigenvalue weighted by Crippen LogP contribution is 2.37. The Kier molecular flexibility index (Phi) is 6.98. The van der Waals surface area contributed by atoms with Crippen LogP contribution in [0.2, 0.25) is 18.1 Å². The van der Waals surface area contributed by atoms with E-state index in [0.717, 1.165) is 6.42 Å². The summed E-state index contributed by atoms with van der Waals surface area (Å²) < 4.78 is 11.6. The molecule has 0 aliphatic carbocycles. The van der Waals surface area contributed by atoms with Crippen molar-refractivity contribution in [3.05, 3.63) is 25.3 Å². The third-order valence-corrected chi connectivity index (χ3v) is 7.80. The maximum Gasteiger partial charge on any atom is 0.192 e. The lowest BCUT2D eigenvalue weighted by molar-refractivity contribution is 0.120. The van der Waals surface area contributed by atoms with Crippen LogP contribution < -0.4 is 0 Å². The SMILES string of the molecule is C=CCOCCC(C=C)O[Si](C)(C)C(C)(C)C. The highest BCUT2D eigenvalue weighted by molar-refractivity contribution is 6.74. The molecule has 3 heteroatoms. The first-order valence-electron chi connectivity index (χ1n) is 6.23. The molecule has 17 heavy (non-hydrogen) atoms. The summed E-state index contributed by atoms with van der Waals surface area (Å²) in [5.74, 6) is 0. The van der Waals surface area contributed by atoms with Gasteiger partial charge in [0, 0.05) is 6.61 Å². The minimum atomic E-state index is -1.70. The Labute approximate surface area is 108 Å². The van der Waals surface area contributed by atoms with Crippen molar-refractivity contribution in [2.45, 2.75) is 51.4 Å². The van der Waals surface area contributed by atoms with E-state index in [4.69, 9.17) is 9.16 Å². The van der Waals surface area contributed by atoms with E-state index in [9.17, 15) is 0 Å². The maximum atomic E-state index is 6.25. The molecule has 100 valence electrons. The topological polar surface area (TPSA) is 18.5 Å². The second-order valence-electron chi connectivity index (χ2n) is 5.80. The van der Waals surface area contributed by atoms with Gasteiger partial charge in [0.1, 0.15) is 0 Å². The minimum Gasteiger partial charge on any atom is -0.410 e.